The Morgan fingerprint density at radius 2 is 0.714 bits per heavy atom. The van der Waals surface area contributed by atoms with Crippen molar-refractivity contribution in [3.63, 3.8) is 0 Å². The van der Waals surface area contributed by atoms with Crippen LogP contribution in [0.5, 0.6) is 0 Å². The zero-order chi connectivity index (χ0) is 38.6. The number of aryl methyl sites for hydroxylation is 5. The molecular weight excluding hydrogens is 679 g/mol. The molecule has 0 bridgehead atoms. The van der Waals surface area contributed by atoms with E-state index in [4.69, 9.17) is 0 Å². The molecule has 0 saturated heterocycles. The molecule has 0 amide bonds. The van der Waals surface area contributed by atoms with Gasteiger partial charge in [0.15, 0.2) is 0 Å². The second-order valence-electron chi connectivity index (χ2n) is 16.6. The maximum atomic E-state index is 2.72. The van der Waals surface area contributed by atoms with Crippen molar-refractivity contribution < 1.29 is 0 Å². The highest BCUT2D eigenvalue weighted by atomic mass is 15.1. The van der Waals surface area contributed by atoms with Crippen molar-refractivity contribution >= 4 is 43.9 Å². The summed E-state index contributed by atoms with van der Waals surface area (Å²) in [6, 6.07) is 41.9. The summed E-state index contributed by atoms with van der Waals surface area (Å²) in [6.45, 7) is 13.2. The number of benzene rings is 5. The van der Waals surface area contributed by atoms with E-state index in [1.807, 2.05) is 0 Å². The first-order valence-electron chi connectivity index (χ1n) is 21.8. The monoisotopic (exact) mass is 739 g/mol. The summed E-state index contributed by atoms with van der Waals surface area (Å²) in [7, 11) is 0. The van der Waals surface area contributed by atoms with E-state index >= 15 is 0 Å². The molecule has 288 valence electrons. The minimum atomic E-state index is 1.02. The Morgan fingerprint density at radius 3 is 1.12 bits per heavy atom. The number of unbranched alkanes of at least 4 members (excludes halogenated alkanes) is 10. The largest absolute Gasteiger partial charge is 0.337 e. The molecule has 56 heavy (non-hydrogen) atoms. The Bertz CT molecular complexity index is 2400. The van der Waals surface area contributed by atoms with Gasteiger partial charge >= 0.3 is 0 Å². The van der Waals surface area contributed by atoms with E-state index < -0.39 is 0 Å². The fourth-order valence-corrected chi connectivity index (χ4v) is 9.09. The van der Waals surface area contributed by atoms with Gasteiger partial charge in [-0.05, 0) is 92.3 Å². The molecule has 8 rings (SSSR count). The highest BCUT2D eigenvalue weighted by Gasteiger charge is 2.27. The van der Waals surface area contributed by atoms with Crippen LogP contribution in [0.2, 0.25) is 0 Å². The number of nitrogens with zero attached hydrogens (tertiary/aromatic N) is 3. The van der Waals surface area contributed by atoms with Crippen molar-refractivity contribution in [1.29, 1.82) is 0 Å². The van der Waals surface area contributed by atoms with E-state index in [1.54, 1.807) is 0 Å². The molecule has 8 aromatic rings. The van der Waals surface area contributed by atoms with Gasteiger partial charge in [0, 0.05) is 29.5 Å². The van der Waals surface area contributed by atoms with Gasteiger partial charge in [0.25, 0.3) is 0 Å². The Labute approximate surface area is 335 Å². The first-order valence-corrected chi connectivity index (χ1v) is 21.8. The van der Waals surface area contributed by atoms with Crippen molar-refractivity contribution in [3.8, 4) is 27.9 Å². The van der Waals surface area contributed by atoms with Crippen LogP contribution in [0.25, 0.3) is 71.8 Å². The van der Waals surface area contributed by atoms with Crippen molar-refractivity contribution in [3.05, 3.63) is 126 Å². The van der Waals surface area contributed by atoms with Crippen LogP contribution >= 0.6 is 0 Å². The van der Waals surface area contributed by atoms with E-state index in [1.165, 1.54) is 166 Å². The summed E-state index contributed by atoms with van der Waals surface area (Å²) in [5.74, 6) is 0. The molecule has 3 nitrogen and oxygen atoms in total. The zero-order valence-corrected chi connectivity index (χ0v) is 34.6. The third-order valence-corrected chi connectivity index (χ3v) is 12.3. The van der Waals surface area contributed by atoms with Gasteiger partial charge in [0.2, 0.25) is 0 Å². The molecule has 0 unspecified atom stereocenters. The van der Waals surface area contributed by atoms with Gasteiger partial charge in [-0.25, -0.2) is 0 Å². The van der Waals surface area contributed by atoms with E-state index in [-0.39, 0.29) is 0 Å². The predicted molar refractivity (Wildman–Crippen MR) is 244 cm³/mol. The average Bonchev–Trinajstić information content (AvgIpc) is 3.83. The maximum Gasteiger partial charge on any atom is 0.0926 e. The summed E-state index contributed by atoms with van der Waals surface area (Å²) >= 11 is 0. The Kier molecular flexibility index (Phi) is 11.5. The van der Waals surface area contributed by atoms with Crippen LogP contribution in [-0.4, -0.2) is 13.7 Å². The lowest BCUT2D eigenvalue weighted by Gasteiger charge is -2.11. The quantitative estimate of drug-likeness (QED) is 0.0826. The van der Waals surface area contributed by atoms with Gasteiger partial charge in [0.1, 0.15) is 0 Å². The number of rotatable bonds is 17. The van der Waals surface area contributed by atoms with Crippen LogP contribution in [0.4, 0.5) is 0 Å². The SMILES string of the molecule is CCCCCCCCn1c2ccc(-c3ccc(C)cc3)cc2c2c1c1c(c3cc(-c4ccc(C)cc4)ccc3n1CCCCCCCC)n2-c1ccc(C)cc1. The molecule has 0 aliphatic carbocycles. The standard InChI is InChI=1S/C53H61N3/c1-6-8-10-12-14-16-34-54-48-32-28-43(41-24-18-38(3)19-25-41)36-46(48)50-52(54)53-51(56(50)45-30-22-40(5)23-31-45)47-37-44(42-26-20-39(4)21-27-42)29-33-49(47)55(53)35-17-15-13-11-9-7-2/h18-33,36-37H,6-17,34-35H2,1-5H3. The molecule has 0 atom stereocenters. The topological polar surface area (TPSA) is 14.8 Å². The third-order valence-electron chi connectivity index (χ3n) is 12.3. The normalized spacial score (nSPS) is 11.9. The second kappa shape index (κ2) is 17.0. The third kappa shape index (κ3) is 7.46. The molecule has 0 saturated carbocycles. The first kappa shape index (κ1) is 37.9. The van der Waals surface area contributed by atoms with Crippen LogP contribution in [0, 0.1) is 20.8 Å². The number of aromatic nitrogens is 3. The first-order chi connectivity index (χ1) is 27.5. The predicted octanol–water partition coefficient (Wildman–Crippen LogP) is 15.7. The van der Waals surface area contributed by atoms with Crippen molar-refractivity contribution in [2.75, 3.05) is 0 Å². The lowest BCUT2D eigenvalue weighted by atomic mass is 10.0. The van der Waals surface area contributed by atoms with Crippen LogP contribution in [0.3, 0.4) is 0 Å². The fraction of sp³-hybridized carbons (Fsp3) is 0.358. The number of hydrogen-bond acceptors (Lipinski definition) is 0. The molecule has 3 heterocycles. The Hall–Kier alpha value is -5.02. The van der Waals surface area contributed by atoms with Crippen molar-refractivity contribution in [2.24, 2.45) is 0 Å². The van der Waals surface area contributed by atoms with Gasteiger partial charge in [0.05, 0.1) is 33.1 Å². The molecule has 5 aromatic carbocycles. The second-order valence-corrected chi connectivity index (χ2v) is 16.6. The highest BCUT2D eigenvalue weighted by Crippen LogP contribution is 2.45. The maximum absolute atomic E-state index is 2.72. The smallest absolute Gasteiger partial charge is 0.0926 e. The molecule has 0 spiro atoms. The van der Waals surface area contributed by atoms with Crippen molar-refractivity contribution in [1.82, 2.24) is 13.7 Å². The van der Waals surface area contributed by atoms with E-state index in [9.17, 15) is 0 Å². The van der Waals surface area contributed by atoms with Crippen molar-refractivity contribution in [2.45, 2.75) is 125 Å². The summed E-state index contributed by atoms with van der Waals surface area (Å²) in [5.41, 5.74) is 18.4. The number of hydrogen-bond donors (Lipinski definition) is 0. The van der Waals surface area contributed by atoms with Gasteiger partial charge in [-0.3, -0.25) is 0 Å². The summed E-state index contributed by atoms with van der Waals surface area (Å²) in [6.07, 6.45) is 15.4. The number of fused-ring (bicyclic) bond motifs is 7. The molecule has 0 aliphatic heterocycles. The minimum Gasteiger partial charge on any atom is -0.337 e. The van der Waals surface area contributed by atoms with Gasteiger partial charge < -0.3 is 13.7 Å². The lowest BCUT2D eigenvalue weighted by molar-refractivity contribution is 0.567. The van der Waals surface area contributed by atoms with E-state index in [2.05, 4.69) is 158 Å². The molecule has 3 aromatic heterocycles. The molecular formula is C53H61N3. The summed E-state index contributed by atoms with van der Waals surface area (Å²) < 4.78 is 8.07. The molecule has 0 radical (unpaired) electrons. The lowest BCUT2D eigenvalue weighted by Crippen LogP contribution is -2.02. The average molecular weight is 740 g/mol. The minimum absolute atomic E-state index is 1.02. The molecule has 0 aliphatic rings. The summed E-state index contributed by atoms with van der Waals surface area (Å²) in [5, 5.41) is 2.68. The van der Waals surface area contributed by atoms with Crippen LogP contribution in [0.1, 0.15) is 108 Å². The molecule has 0 N–H and O–H groups in total. The van der Waals surface area contributed by atoms with Gasteiger partial charge in [-0.1, -0.05) is 168 Å². The Morgan fingerprint density at radius 1 is 0.357 bits per heavy atom. The molecule has 3 heteroatoms. The van der Waals surface area contributed by atoms with E-state index in [0.717, 1.165) is 13.1 Å². The van der Waals surface area contributed by atoms with Gasteiger partial charge in [-0.15, -0.1) is 0 Å². The van der Waals surface area contributed by atoms with Gasteiger partial charge in [-0.2, -0.15) is 0 Å². The highest BCUT2D eigenvalue weighted by molar-refractivity contribution is 6.25. The van der Waals surface area contributed by atoms with Crippen LogP contribution in [0.15, 0.2) is 109 Å². The van der Waals surface area contributed by atoms with Crippen LogP contribution < -0.4 is 0 Å². The zero-order valence-electron chi connectivity index (χ0n) is 34.6. The van der Waals surface area contributed by atoms with E-state index in [0.29, 0.717) is 0 Å². The van der Waals surface area contributed by atoms with Crippen LogP contribution in [-0.2, 0) is 13.1 Å². The summed E-state index contributed by atoms with van der Waals surface area (Å²) in [4.78, 5) is 0. The fourth-order valence-electron chi connectivity index (χ4n) is 9.09. The molecule has 0 fully saturated rings. The Balaban J connectivity index is 1.43.